The van der Waals surface area contributed by atoms with Crippen LogP contribution in [0.5, 0.6) is 11.6 Å². The molecular formula is C26H23F3N6O3S. The normalized spacial score (nSPS) is 17.4. The Morgan fingerprint density at radius 2 is 1.97 bits per heavy atom. The van der Waals surface area contributed by atoms with Crippen molar-refractivity contribution >= 4 is 44.2 Å². The molecule has 0 unspecified atom stereocenters. The number of anilines is 2. The summed E-state index contributed by atoms with van der Waals surface area (Å²) in [6.45, 7) is 3.37. The molecular weight excluding hydrogens is 533 g/mol. The van der Waals surface area contributed by atoms with Gasteiger partial charge in [0.05, 0.1) is 16.0 Å². The lowest BCUT2D eigenvalue weighted by Gasteiger charge is -2.35. The van der Waals surface area contributed by atoms with Crippen molar-refractivity contribution in [1.29, 1.82) is 0 Å². The first-order chi connectivity index (χ1) is 18.5. The van der Waals surface area contributed by atoms with Gasteiger partial charge in [0.1, 0.15) is 17.4 Å². The van der Waals surface area contributed by atoms with Crippen LogP contribution in [0.1, 0.15) is 32.3 Å². The predicted octanol–water partition coefficient (Wildman–Crippen LogP) is 5.37. The number of primary amides is 1. The lowest BCUT2D eigenvalue weighted by Crippen LogP contribution is -2.52. The molecule has 9 nitrogen and oxygen atoms in total. The van der Waals surface area contributed by atoms with E-state index in [1.54, 1.807) is 24.0 Å². The molecule has 202 valence electrons. The Morgan fingerprint density at radius 3 is 2.69 bits per heavy atom. The SMILES string of the molecule is CC(=O)Nc1nc2c(Oc3cc(-c4ccc(C(F)(F)F)cc4N4CCC[C@@]4(C)C(N)=O)ncn3)cccc2s1. The molecule has 0 spiro atoms. The van der Waals surface area contributed by atoms with E-state index in [1.807, 2.05) is 6.07 Å². The van der Waals surface area contributed by atoms with Crippen LogP contribution >= 0.6 is 11.3 Å². The number of benzene rings is 2. The fourth-order valence-electron chi connectivity index (χ4n) is 4.62. The number of nitrogens with two attached hydrogens (primary N) is 1. The number of rotatable bonds is 6. The molecule has 2 amide bonds. The first-order valence-corrected chi connectivity index (χ1v) is 12.7. The molecule has 0 bridgehead atoms. The number of nitrogens with zero attached hydrogens (tertiary/aromatic N) is 4. The van der Waals surface area contributed by atoms with Gasteiger partial charge >= 0.3 is 6.18 Å². The Kier molecular flexibility index (Phi) is 6.62. The van der Waals surface area contributed by atoms with Crippen molar-refractivity contribution in [1.82, 2.24) is 15.0 Å². The van der Waals surface area contributed by atoms with Gasteiger partial charge in [-0.25, -0.2) is 15.0 Å². The second-order valence-electron chi connectivity index (χ2n) is 9.27. The summed E-state index contributed by atoms with van der Waals surface area (Å²) in [7, 11) is 0. The molecule has 1 aliphatic rings. The third kappa shape index (κ3) is 5.09. The van der Waals surface area contributed by atoms with Crippen molar-refractivity contribution in [2.75, 3.05) is 16.8 Å². The van der Waals surface area contributed by atoms with Gasteiger partial charge in [0.15, 0.2) is 10.9 Å². The molecule has 0 saturated carbocycles. The summed E-state index contributed by atoms with van der Waals surface area (Å²) in [5.74, 6) is -0.371. The molecule has 1 fully saturated rings. The average Bonchev–Trinajstić information content (AvgIpc) is 3.47. The zero-order valence-corrected chi connectivity index (χ0v) is 21.7. The number of hydrogen-bond acceptors (Lipinski definition) is 8. The van der Waals surface area contributed by atoms with Gasteiger partial charge in [-0.15, -0.1) is 0 Å². The molecule has 39 heavy (non-hydrogen) atoms. The van der Waals surface area contributed by atoms with Crippen LogP contribution in [0.25, 0.3) is 21.5 Å². The van der Waals surface area contributed by atoms with E-state index in [4.69, 9.17) is 10.5 Å². The van der Waals surface area contributed by atoms with Crippen LogP contribution in [-0.4, -0.2) is 38.8 Å². The number of aromatic nitrogens is 3. The van der Waals surface area contributed by atoms with Crippen molar-refractivity contribution in [2.45, 2.75) is 38.4 Å². The highest BCUT2D eigenvalue weighted by Gasteiger charge is 2.43. The van der Waals surface area contributed by atoms with Crippen molar-refractivity contribution in [3.8, 4) is 22.9 Å². The Morgan fingerprint density at radius 1 is 1.18 bits per heavy atom. The highest BCUT2D eigenvalue weighted by molar-refractivity contribution is 7.22. The number of thiazole rings is 1. The van der Waals surface area contributed by atoms with Crippen LogP contribution in [-0.2, 0) is 15.8 Å². The van der Waals surface area contributed by atoms with Gasteiger partial charge in [0.25, 0.3) is 0 Å². The fourth-order valence-corrected chi connectivity index (χ4v) is 5.55. The van der Waals surface area contributed by atoms with E-state index in [-0.39, 0.29) is 17.5 Å². The van der Waals surface area contributed by atoms with Crippen LogP contribution < -0.4 is 20.7 Å². The van der Waals surface area contributed by atoms with Crippen LogP contribution in [0.4, 0.5) is 24.0 Å². The zero-order chi connectivity index (χ0) is 27.9. The molecule has 2 aromatic carbocycles. The van der Waals surface area contributed by atoms with Crippen molar-refractivity contribution < 1.29 is 27.5 Å². The third-order valence-corrected chi connectivity index (χ3v) is 7.52. The van der Waals surface area contributed by atoms with Crippen LogP contribution in [0.3, 0.4) is 0 Å². The van der Waals surface area contributed by atoms with Gasteiger partial charge in [-0.05, 0) is 44.0 Å². The number of fused-ring (bicyclic) bond motifs is 1. The molecule has 4 aromatic rings. The number of carbonyl (C=O) groups excluding carboxylic acids is 2. The molecule has 1 saturated heterocycles. The minimum Gasteiger partial charge on any atom is -0.437 e. The largest absolute Gasteiger partial charge is 0.437 e. The van der Waals surface area contributed by atoms with Crippen LogP contribution in [0, 0.1) is 0 Å². The highest BCUT2D eigenvalue weighted by atomic mass is 32.1. The maximum Gasteiger partial charge on any atom is 0.416 e. The van der Waals surface area contributed by atoms with Gasteiger partial charge < -0.3 is 20.7 Å². The van der Waals surface area contributed by atoms with Gasteiger partial charge in [-0.1, -0.05) is 23.5 Å². The maximum atomic E-state index is 13.7. The minimum atomic E-state index is -4.58. The van der Waals surface area contributed by atoms with Gasteiger partial charge in [-0.2, -0.15) is 13.2 Å². The molecule has 0 aliphatic carbocycles. The summed E-state index contributed by atoms with van der Waals surface area (Å²) in [6.07, 6.45) is -2.34. The molecule has 13 heteroatoms. The lowest BCUT2D eigenvalue weighted by molar-refractivity contribution is -0.137. The Labute approximate surface area is 224 Å². The number of halogens is 3. The summed E-state index contributed by atoms with van der Waals surface area (Å²) < 4.78 is 47.8. The smallest absolute Gasteiger partial charge is 0.416 e. The minimum absolute atomic E-state index is 0.131. The zero-order valence-electron chi connectivity index (χ0n) is 20.9. The fraction of sp³-hybridized carbons (Fsp3) is 0.269. The predicted molar refractivity (Wildman–Crippen MR) is 141 cm³/mol. The molecule has 1 atom stereocenters. The van der Waals surface area contributed by atoms with E-state index in [9.17, 15) is 22.8 Å². The monoisotopic (exact) mass is 556 g/mol. The average molecular weight is 557 g/mol. The maximum absolute atomic E-state index is 13.7. The number of carbonyl (C=O) groups is 2. The molecule has 3 heterocycles. The summed E-state index contributed by atoms with van der Waals surface area (Å²) in [5, 5.41) is 3.06. The van der Waals surface area contributed by atoms with E-state index in [0.29, 0.717) is 47.0 Å². The third-order valence-electron chi connectivity index (χ3n) is 6.59. The van der Waals surface area contributed by atoms with E-state index >= 15 is 0 Å². The standard InChI is InChI=1S/C26H23F3N6O3S/c1-14(36)33-24-34-22-19(5-3-6-20(22)39-24)38-21-12-17(31-13-32-21)16-8-7-15(26(27,28)29)11-18(16)35-10-4-9-25(35,2)23(30)37/h3,5-8,11-13H,4,9-10H2,1-2H3,(H2,30,37)(H,33,34,36)/t25-/m0/s1. The second kappa shape index (κ2) is 9.80. The first-order valence-electron chi connectivity index (χ1n) is 11.9. The van der Waals surface area contributed by atoms with Gasteiger partial charge in [0, 0.05) is 30.8 Å². The molecule has 0 radical (unpaired) electrons. The number of ether oxygens (including phenoxy) is 1. The van der Waals surface area contributed by atoms with Crippen LogP contribution in [0.2, 0.25) is 0 Å². The number of para-hydroxylation sites is 1. The van der Waals surface area contributed by atoms with Crippen molar-refractivity contribution in [3.05, 3.63) is 54.4 Å². The summed E-state index contributed by atoms with van der Waals surface area (Å²) in [5.41, 5.74) is 5.04. The Balaban J connectivity index is 1.56. The molecule has 3 N–H and O–H groups in total. The lowest BCUT2D eigenvalue weighted by atomic mass is 9.95. The first kappa shape index (κ1) is 26.4. The van der Waals surface area contributed by atoms with E-state index < -0.39 is 23.2 Å². The highest BCUT2D eigenvalue weighted by Crippen LogP contribution is 2.43. The van der Waals surface area contributed by atoms with Crippen LogP contribution in [0.15, 0.2) is 48.8 Å². The van der Waals surface area contributed by atoms with Gasteiger partial charge in [-0.3, -0.25) is 9.59 Å². The van der Waals surface area contributed by atoms with Crippen molar-refractivity contribution in [3.63, 3.8) is 0 Å². The molecule has 5 rings (SSSR count). The molecule has 2 aromatic heterocycles. The number of nitrogens with one attached hydrogen (secondary N) is 1. The Bertz CT molecular complexity index is 1590. The Hall–Kier alpha value is -4.26. The van der Waals surface area contributed by atoms with E-state index in [2.05, 4.69) is 20.3 Å². The quantitative estimate of drug-likeness (QED) is 0.327. The van der Waals surface area contributed by atoms with E-state index in [0.717, 1.165) is 16.8 Å². The van der Waals surface area contributed by atoms with E-state index in [1.165, 1.54) is 36.7 Å². The number of hydrogen-bond donors (Lipinski definition) is 2. The number of alkyl halides is 3. The summed E-state index contributed by atoms with van der Waals surface area (Å²) >= 11 is 1.28. The number of amides is 2. The van der Waals surface area contributed by atoms with Gasteiger partial charge in [0.2, 0.25) is 17.7 Å². The molecule has 1 aliphatic heterocycles. The summed E-state index contributed by atoms with van der Waals surface area (Å²) in [6, 6.07) is 10.1. The van der Waals surface area contributed by atoms with Crippen molar-refractivity contribution in [2.24, 2.45) is 5.73 Å². The second-order valence-corrected chi connectivity index (χ2v) is 10.3. The summed E-state index contributed by atoms with van der Waals surface area (Å²) in [4.78, 5) is 38.3. The topological polar surface area (TPSA) is 123 Å².